The van der Waals surface area contributed by atoms with E-state index in [0.29, 0.717) is 17.0 Å². The Morgan fingerprint density at radius 2 is 2.03 bits per heavy atom. The molecule has 0 saturated heterocycles. The minimum atomic E-state index is -1.10. The molecule has 2 amide bonds. The number of terminal acetylenes is 1. The van der Waals surface area contributed by atoms with Crippen LogP contribution >= 0.6 is 0 Å². The van der Waals surface area contributed by atoms with Gasteiger partial charge in [-0.1, -0.05) is 18.1 Å². The second kappa shape index (κ2) is 8.47. The number of rotatable bonds is 4. The summed E-state index contributed by atoms with van der Waals surface area (Å²) in [7, 11) is 1.47. The molecule has 1 aliphatic rings. The number of nitrogens with zero attached hydrogens (tertiary/aromatic N) is 4. The molecule has 0 bridgehead atoms. The Kier molecular flexibility index (Phi) is 5.55. The molecule has 4 rings (SSSR count). The van der Waals surface area contributed by atoms with E-state index in [4.69, 9.17) is 11.2 Å². The van der Waals surface area contributed by atoms with Crippen molar-refractivity contribution < 1.29 is 23.1 Å². The second-order valence-corrected chi connectivity index (χ2v) is 7.05. The Labute approximate surface area is 181 Å². The fraction of sp³-hybridized carbons (Fsp3) is 0.182. The number of amides is 2. The van der Waals surface area contributed by atoms with Gasteiger partial charge in [-0.15, -0.1) is 6.42 Å². The number of likely N-dealkylation sites (N-methyl/N-ethyl adjacent to an activating group) is 1. The molecule has 2 aromatic heterocycles. The van der Waals surface area contributed by atoms with E-state index < -0.39 is 35.2 Å². The quantitative estimate of drug-likeness (QED) is 0.628. The summed E-state index contributed by atoms with van der Waals surface area (Å²) in [5.74, 6) is 0.288. The predicted octanol–water partition coefficient (Wildman–Crippen LogP) is 1.74. The average molecular weight is 437 g/mol. The van der Waals surface area contributed by atoms with Gasteiger partial charge in [0.1, 0.15) is 24.2 Å². The van der Waals surface area contributed by atoms with Crippen LogP contribution in [0.2, 0.25) is 0 Å². The van der Waals surface area contributed by atoms with Gasteiger partial charge in [0.15, 0.2) is 23.1 Å². The molecule has 3 aromatic rings. The molecule has 0 spiro atoms. The van der Waals surface area contributed by atoms with Crippen LogP contribution in [0.1, 0.15) is 21.7 Å². The molecule has 0 saturated carbocycles. The van der Waals surface area contributed by atoms with E-state index in [0.717, 1.165) is 6.20 Å². The van der Waals surface area contributed by atoms with Crippen LogP contribution in [0, 0.1) is 24.0 Å². The molecule has 162 valence electrons. The highest BCUT2D eigenvalue weighted by Crippen LogP contribution is 2.28. The number of pyridine rings is 1. The van der Waals surface area contributed by atoms with Crippen LogP contribution in [-0.2, 0) is 11.3 Å². The Hall–Kier alpha value is -4.26. The zero-order valence-corrected chi connectivity index (χ0v) is 16.9. The molecule has 32 heavy (non-hydrogen) atoms. The maximum absolute atomic E-state index is 14.4. The number of anilines is 1. The molecule has 10 heteroatoms. The van der Waals surface area contributed by atoms with Crippen LogP contribution in [-0.4, -0.2) is 46.3 Å². The van der Waals surface area contributed by atoms with Gasteiger partial charge >= 0.3 is 0 Å². The van der Waals surface area contributed by atoms with Crippen molar-refractivity contribution in [2.24, 2.45) is 0 Å². The Bertz CT molecular complexity index is 1230. The van der Waals surface area contributed by atoms with Gasteiger partial charge in [0.25, 0.3) is 11.8 Å². The first kappa shape index (κ1) is 21.0. The normalized spacial score (nSPS) is 15.4. The largest absolute Gasteiger partial charge is 0.487 e. The van der Waals surface area contributed by atoms with Gasteiger partial charge in [-0.25, -0.2) is 13.8 Å². The number of hydrogen-bond donors (Lipinski definition) is 1. The zero-order valence-electron chi connectivity index (χ0n) is 16.9. The molecule has 1 N–H and O–H groups in total. The van der Waals surface area contributed by atoms with Crippen molar-refractivity contribution in [1.82, 2.24) is 20.1 Å². The van der Waals surface area contributed by atoms with Gasteiger partial charge in [0, 0.05) is 7.05 Å². The van der Waals surface area contributed by atoms with Crippen molar-refractivity contribution in [3.8, 4) is 18.1 Å². The van der Waals surface area contributed by atoms with Gasteiger partial charge in [0.05, 0.1) is 12.7 Å². The number of aromatic nitrogens is 3. The highest BCUT2D eigenvalue weighted by Gasteiger charge is 2.33. The molecule has 0 unspecified atom stereocenters. The minimum absolute atomic E-state index is 0.136. The summed E-state index contributed by atoms with van der Waals surface area (Å²) in [4.78, 5) is 30.9. The Morgan fingerprint density at radius 3 is 2.75 bits per heavy atom. The van der Waals surface area contributed by atoms with E-state index in [-0.39, 0.29) is 19.0 Å². The fourth-order valence-corrected chi connectivity index (χ4v) is 3.19. The van der Waals surface area contributed by atoms with Gasteiger partial charge in [-0.05, 0) is 29.8 Å². The third kappa shape index (κ3) is 4.13. The van der Waals surface area contributed by atoms with Crippen LogP contribution in [0.15, 0.2) is 42.6 Å². The first-order chi connectivity index (χ1) is 15.4. The number of ether oxygens (including phenoxy) is 1. The topological polar surface area (TPSA) is 89.4 Å². The summed E-state index contributed by atoms with van der Waals surface area (Å²) in [6, 6.07) is 7.67. The summed E-state index contributed by atoms with van der Waals surface area (Å²) < 4.78 is 34.2. The lowest BCUT2D eigenvalue weighted by atomic mass is 10.2. The highest BCUT2D eigenvalue weighted by molar-refractivity contribution is 6.02. The average Bonchev–Trinajstić information content (AvgIpc) is 3.11. The molecule has 1 aliphatic heterocycles. The molecular formula is C22H17F2N5O3. The first-order valence-electron chi connectivity index (χ1n) is 9.52. The van der Waals surface area contributed by atoms with E-state index >= 15 is 0 Å². The lowest BCUT2D eigenvalue weighted by Gasteiger charge is -2.19. The van der Waals surface area contributed by atoms with Gasteiger partial charge in [-0.2, -0.15) is 5.10 Å². The van der Waals surface area contributed by atoms with Crippen molar-refractivity contribution in [1.29, 1.82) is 0 Å². The number of hydrogen-bond acceptors (Lipinski definition) is 5. The summed E-state index contributed by atoms with van der Waals surface area (Å²) in [5.41, 5.74) is 0.520. The molecule has 1 aromatic carbocycles. The van der Waals surface area contributed by atoms with Crippen LogP contribution in [0.4, 0.5) is 14.6 Å². The van der Waals surface area contributed by atoms with Crippen molar-refractivity contribution in [3.05, 3.63) is 71.2 Å². The van der Waals surface area contributed by atoms with E-state index in [1.54, 1.807) is 12.1 Å². The molecule has 0 fully saturated rings. The lowest BCUT2D eigenvalue weighted by Crippen LogP contribution is -2.49. The smallest absolute Gasteiger partial charge is 0.275 e. The van der Waals surface area contributed by atoms with Crippen LogP contribution in [0.3, 0.4) is 0 Å². The number of carbonyl (C=O) groups is 2. The van der Waals surface area contributed by atoms with Gasteiger partial charge in [-0.3, -0.25) is 19.2 Å². The fourth-order valence-electron chi connectivity index (χ4n) is 3.19. The summed E-state index contributed by atoms with van der Waals surface area (Å²) in [6.45, 7) is -0.0475. The Balaban J connectivity index is 1.49. The van der Waals surface area contributed by atoms with Gasteiger partial charge < -0.3 is 10.1 Å². The number of benzene rings is 1. The van der Waals surface area contributed by atoms with Gasteiger partial charge in [0.2, 0.25) is 0 Å². The van der Waals surface area contributed by atoms with Crippen LogP contribution < -0.4 is 15.0 Å². The maximum Gasteiger partial charge on any atom is 0.275 e. The lowest BCUT2D eigenvalue weighted by molar-refractivity contribution is -0.120. The van der Waals surface area contributed by atoms with E-state index in [2.05, 4.69) is 21.3 Å². The molecule has 3 heterocycles. The summed E-state index contributed by atoms with van der Waals surface area (Å²) in [6.07, 6.45) is 6.41. The third-order valence-corrected chi connectivity index (χ3v) is 4.83. The Morgan fingerprint density at radius 1 is 1.28 bits per heavy atom. The summed E-state index contributed by atoms with van der Waals surface area (Å²) >= 11 is 0. The zero-order chi connectivity index (χ0) is 22.8. The minimum Gasteiger partial charge on any atom is -0.487 e. The predicted molar refractivity (Wildman–Crippen MR) is 110 cm³/mol. The molecule has 8 nitrogen and oxygen atoms in total. The molecular weight excluding hydrogens is 420 g/mol. The first-order valence-corrected chi connectivity index (χ1v) is 9.52. The number of halogens is 2. The van der Waals surface area contributed by atoms with Crippen molar-refractivity contribution in [2.45, 2.75) is 12.6 Å². The number of fused-ring (bicyclic) bond motifs is 1. The SMILES string of the molecule is C#Cc1ccc2c(n1)N(C)C(=O)[C@@H](NC(=O)c1nn(Cc3ccc(F)cc3)cc1F)CO2. The molecule has 1 atom stereocenters. The van der Waals surface area contributed by atoms with Crippen LogP contribution in [0.25, 0.3) is 0 Å². The third-order valence-electron chi connectivity index (χ3n) is 4.83. The van der Waals surface area contributed by atoms with E-state index in [1.807, 2.05) is 0 Å². The standard InChI is InChI=1S/C22H17F2N5O3/c1-3-15-8-9-18-20(25-15)28(2)22(31)17(12-32-18)26-21(30)19-16(24)11-29(27-19)10-13-4-6-14(23)7-5-13/h1,4-9,11,17H,10,12H2,2H3,(H,26,30)/t17-/m0/s1. The second-order valence-electron chi connectivity index (χ2n) is 7.05. The molecule has 0 aliphatic carbocycles. The number of carbonyl (C=O) groups excluding carboxylic acids is 2. The summed E-state index contributed by atoms with van der Waals surface area (Å²) in [5, 5.41) is 6.41. The van der Waals surface area contributed by atoms with Crippen LogP contribution in [0.5, 0.6) is 5.75 Å². The molecule has 0 radical (unpaired) electrons. The maximum atomic E-state index is 14.4. The van der Waals surface area contributed by atoms with Crippen molar-refractivity contribution >= 4 is 17.6 Å². The monoisotopic (exact) mass is 437 g/mol. The van der Waals surface area contributed by atoms with E-state index in [9.17, 15) is 18.4 Å². The van der Waals surface area contributed by atoms with E-state index in [1.165, 1.54) is 40.9 Å². The number of nitrogens with one attached hydrogen (secondary N) is 1. The highest BCUT2D eigenvalue weighted by atomic mass is 19.1. The van der Waals surface area contributed by atoms with Crippen molar-refractivity contribution in [3.63, 3.8) is 0 Å². The van der Waals surface area contributed by atoms with Crippen molar-refractivity contribution in [2.75, 3.05) is 18.6 Å².